The lowest BCUT2D eigenvalue weighted by atomic mass is 10.2. The summed E-state index contributed by atoms with van der Waals surface area (Å²) in [6.07, 6.45) is 3.52. The highest BCUT2D eigenvalue weighted by Gasteiger charge is 2.37. The molecule has 1 aliphatic rings. The van der Waals surface area contributed by atoms with E-state index in [0.29, 0.717) is 10.9 Å². The van der Waals surface area contributed by atoms with E-state index in [0.717, 1.165) is 5.56 Å². The van der Waals surface area contributed by atoms with Gasteiger partial charge >= 0.3 is 5.97 Å². The molecule has 0 aromatic heterocycles. The summed E-state index contributed by atoms with van der Waals surface area (Å²) in [7, 11) is 1.30. The van der Waals surface area contributed by atoms with Gasteiger partial charge in [-0.25, -0.2) is 9.79 Å². The number of benzene rings is 1. The summed E-state index contributed by atoms with van der Waals surface area (Å²) in [5, 5.41) is 0.500. The number of thioether (sulfide) groups is 1. The number of carbonyl (C=O) groups is 2. The zero-order valence-corrected chi connectivity index (χ0v) is 12.9. The second-order valence-corrected chi connectivity index (χ2v) is 5.19. The van der Waals surface area contributed by atoms with E-state index in [2.05, 4.69) is 4.99 Å². The fourth-order valence-electron chi connectivity index (χ4n) is 1.98. The molecule has 0 fully saturated rings. The molecule has 0 bridgehead atoms. The minimum atomic E-state index is -0.699. The van der Waals surface area contributed by atoms with E-state index in [9.17, 15) is 9.59 Å². The molecule has 2 rings (SSSR count). The molecule has 0 spiro atoms. The van der Waals surface area contributed by atoms with Crippen molar-refractivity contribution in [1.29, 1.82) is 0 Å². The number of aliphatic imine (C=N–C) groups is 1. The standard InChI is InChI=1S/C15H16N2O3S/c1-10(14(19)20-2)17-13(18)12(16-15(17)21-3)9-11-7-5-4-6-8-11/h4-10H,1-3H3/b12-9-/t10-/m0/s1. The SMILES string of the molecule is COC(=O)[C@H](C)N1C(=O)/C(=C/c2ccccc2)N=C1SC. The van der Waals surface area contributed by atoms with Crippen LogP contribution < -0.4 is 0 Å². The minimum Gasteiger partial charge on any atom is -0.467 e. The van der Waals surface area contributed by atoms with Crippen LogP contribution in [0.25, 0.3) is 6.08 Å². The number of esters is 1. The van der Waals surface area contributed by atoms with Crippen LogP contribution in [-0.2, 0) is 14.3 Å². The van der Waals surface area contributed by atoms with Crippen LogP contribution in [0.4, 0.5) is 0 Å². The number of carbonyl (C=O) groups excluding carboxylic acids is 2. The molecule has 110 valence electrons. The van der Waals surface area contributed by atoms with Gasteiger partial charge in [-0.1, -0.05) is 42.1 Å². The predicted molar refractivity (Wildman–Crippen MR) is 83.7 cm³/mol. The Morgan fingerprint density at radius 3 is 2.62 bits per heavy atom. The van der Waals surface area contributed by atoms with Crippen molar-refractivity contribution in [1.82, 2.24) is 4.90 Å². The highest BCUT2D eigenvalue weighted by molar-refractivity contribution is 8.13. The van der Waals surface area contributed by atoms with Crippen molar-refractivity contribution in [3.63, 3.8) is 0 Å². The Morgan fingerprint density at radius 2 is 2.05 bits per heavy atom. The van der Waals surface area contributed by atoms with Crippen LogP contribution in [0.2, 0.25) is 0 Å². The third-order valence-corrected chi connectivity index (χ3v) is 3.73. The normalized spacial score (nSPS) is 17.9. The Kier molecular flexibility index (Phi) is 4.80. The van der Waals surface area contributed by atoms with Gasteiger partial charge in [-0.3, -0.25) is 9.69 Å². The first kappa shape index (κ1) is 15.3. The summed E-state index contributed by atoms with van der Waals surface area (Å²) in [4.78, 5) is 29.8. The van der Waals surface area contributed by atoms with E-state index in [1.165, 1.54) is 23.8 Å². The van der Waals surface area contributed by atoms with Gasteiger partial charge in [0.05, 0.1) is 7.11 Å². The first-order chi connectivity index (χ1) is 10.1. The summed E-state index contributed by atoms with van der Waals surface area (Å²) >= 11 is 1.32. The van der Waals surface area contributed by atoms with E-state index >= 15 is 0 Å². The summed E-state index contributed by atoms with van der Waals surface area (Å²) in [5.41, 5.74) is 1.21. The quantitative estimate of drug-likeness (QED) is 0.634. The number of hydrogen-bond donors (Lipinski definition) is 0. The summed E-state index contributed by atoms with van der Waals surface area (Å²) in [6.45, 7) is 1.63. The van der Waals surface area contributed by atoms with Gasteiger partial charge in [0, 0.05) is 0 Å². The fraction of sp³-hybridized carbons (Fsp3) is 0.267. The molecule has 1 aromatic carbocycles. The first-order valence-electron chi connectivity index (χ1n) is 6.39. The molecule has 1 aliphatic heterocycles. The monoisotopic (exact) mass is 304 g/mol. The molecule has 0 aliphatic carbocycles. The molecule has 0 saturated carbocycles. The molecule has 0 N–H and O–H groups in total. The molecule has 5 nitrogen and oxygen atoms in total. The van der Waals surface area contributed by atoms with Crippen LogP contribution >= 0.6 is 11.8 Å². The zero-order valence-electron chi connectivity index (χ0n) is 12.1. The maximum absolute atomic E-state index is 12.5. The number of hydrogen-bond acceptors (Lipinski definition) is 5. The summed E-state index contributed by atoms with van der Waals surface area (Å²) in [5.74, 6) is -0.757. The first-order valence-corrected chi connectivity index (χ1v) is 7.61. The molecule has 0 saturated heterocycles. The van der Waals surface area contributed by atoms with E-state index in [1.807, 2.05) is 36.6 Å². The second kappa shape index (κ2) is 6.58. The smallest absolute Gasteiger partial charge is 0.328 e. The summed E-state index contributed by atoms with van der Waals surface area (Å²) < 4.78 is 4.70. The number of ether oxygens (including phenoxy) is 1. The number of amides is 1. The number of rotatable bonds is 3. The average molecular weight is 304 g/mol. The lowest BCUT2D eigenvalue weighted by Gasteiger charge is -2.22. The minimum absolute atomic E-state index is 0.291. The van der Waals surface area contributed by atoms with E-state index < -0.39 is 12.0 Å². The fourth-order valence-corrected chi connectivity index (χ4v) is 2.61. The Labute approximate surface area is 127 Å². The Hall–Kier alpha value is -2.08. The third-order valence-electron chi connectivity index (χ3n) is 3.08. The van der Waals surface area contributed by atoms with Gasteiger partial charge in [0.2, 0.25) is 0 Å². The Morgan fingerprint density at radius 1 is 1.38 bits per heavy atom. The van der Waals surface area contributed by atoms with Crippen molar-refractivity contribution in [3.8, 4) is 0 Å². The number of methoxy groups -OCH3 is 1. The molecule has 1 aromatic rings. The lowest BCUT2D eigenvalue weighted by Crippen LogP contribution is -2.43. The van der Waals surface area contributed by atoms with Crippen LogP contribution in [0.1, 0.15) is 12.5 Å². The molecule has 0 unspecified atom stereocenters. The third kappa shape index (κ3) is 3.16. The molecule has 1 amide bonds. The number of amidine groups is 1. The van der Waals surface area contributed by atoms with Gasteiger partial charge in [0.1, 0.15) is 11.7 Å². The predicted octanol–water partition coefficient (Wildman–Crippen LogP) is 2.15. The number of nitrogens with zero attached hydrogens (tertiary/aromatic N) is 2. The van der Waals surface area contributed by atoms with Gasteiger partial charge in [0.25, 0.3) is 5.91 Å². The van der Waals surface area contributed by atoms with Gasteiger partial charge in [-0.05, 0) is 24.8 Å². The van der Waals surface area contributed by atoms with Crippen molar-refractivity contribution >= 4 is 34.9 Å². The van der Waals surface area contributed by atoms with Crippen molar-refractivity contribution in [2.24, 2.45) is 4.99 Å². The van der Waals surface area contributed by atoms with Crippen molar-refractivity contribution < 1.29 is 14.3 Å². The zero-order chi connectivity index (χ0) is 15.4. The maximum Gasteiger partial charge on any atom is 0.328 e. The molecule has 0 radical (unpaired) electrons. The molecular formula is C15H16N2O3S. The Balaban J connectivity index is 2.33. The van der Waals surface area contributed by atoms with Crippen LogP contribution in [0.15, 0.2) is 41.0 Å². The average Bonchev–Trinajstić information content (AvgIpc) is 2.83. The molecule has 6 heteroatoms. The van der Waals surface area contributed by atoms with Crippen LogP contribution in [0.3, 0.4) is 0 Å². The summed E-state index contributed by atoms with van der Waals surface area (Å²) in [6, 6.07) is 8.76. The van der Waals surface area contributed by atoms with Gasteiger partial charge < -0.3 is 4.74 Å². The van der Waals surface area contributed by atoms with Crippen molar-refractivity contribution in [3.05, 3.63) is 41.6 Å². The highest BCUT2D eigenvalue weighted by atomic mass is 32.2. The van der Waals surface area contributed by atoms with Crippen molar-refractivity contribution in [2.75, 3.05) is 13.4 Å². The molecule has 21 heavy (non-hydrogen) atoms. The van der Waals surface area contributed by atoms with E-state index in [1.54, 1.807) is 13.0 Å². The maximum atomic E-state index is 12.5. The van der Waals surface area contributed by atoms with Crippen LogP contribution in [0.5, 0.6) is 0 Å². The van der Waals surface area contributed by atoms with Gasteiger partial charge in [0.15, 0.2) is 5.17 Å². The van der Waals surface area contributed by atoms with Gasteiger partial charge in [-0.15, -0.1) is 0 Å². The molecule has 1 heterocycles. The van der Waals surface area contributed by atoms with Crippen LogP contribution in [0, 0.1) is 0 Å². The largest absolute Gasteiger partial charge is 0.467 e. The van der Waals surface area contributed by atoms with Crippen LogP contribution in [-0.4, -0.2) is 41.4 Å². The topological polar surface area (TPSA) is 59.0 Å². The van der Waals surface area contributed by atoms with E-state index in [-0.39, 0.29) is 5.91 Å². The lowest BCUT2D eigenvalue weighted by molar-refractivity contribution is -0.147. The highest BCUT2D eigenvalue weighted by Crippen LogP contribution is 2.25. The molecular weight excluding hydrogens is 288 g/mol. The van der Waals surface area contributed by atoms with E-state index in [4.69, 9.17) is 4.74 Å². The molecule has 1 atom stereocenters. The Bertz CT molecular complexity index is 611. The van der Waals surface area contributed by atoms with Crippen molar-refractivity contribution in [2.45, 2.75) is 13.0 Å². The van der Waals surface area contributed by atoms with Gasteiger partial charge in [-0.2, -0.15) is 0 Å². The second-order valence-electron chi connectivity index (χ2n) is 4.41.